The standard InChI is InChI=1S/C10H15N3S.2ClH/c1-14-10(12)13-9-4-2-8(3-5-9)6-7-11;;/h2-5H,6-7,11H2,1H3,(H2,12,13);2*1H. The number of nitrogens with zero attached hydrogens (tertiary/aromatic N) is 1. The predicted octanol–water partition coefficient (Wildman–Crippen LogP) is 2.34. The Morgan fingerprint density at radius 3 is 2.25 bits per heavy atom. The molecule has 0 aliphatic carbocycles. The molecule has 0 aromatic heterocycles. The Kier molecular flexibility index (Phi) is 11.0. The summed E-state index contributed by atoms with van der Waals surface area (Å²) in [6, 6.07) is 7.96. The molecule has 1 aromatic carbocycles. The van der Waals surface area contributed by atoms with E-state index in [9.17, 15) is 0 Å². The summed E-state index contributed by atoms with van der Waals surface area (Å²) in [6.45, 7) is 0.676. The molecule has 1 aromatic rings. The molecule has 0 fully saturated rings. The van der Waals surface area contributed by atoms with Crippen LogP contribution in [0.3, 0.4) is 0 Å². The van der Waals surface area contributed by atoms with Crippen molar-refractivity contribution in [3.05, 3.63) is 29.8 Å². The highest BCUT2D eigenvalue weighted by Gasteiger charge is 1.93. The second-order valence-corrected chi connectivity index (χ2v) is 3.69. The van der Waals surface area contributed by atoms with Crippen LogP contribution in [0.4, 0.5) is 5.69 Å². The Balaban J connectivity index is 0. The Bertz CT molecular complexity index is 314. The topological polar surface area (TPSA) is 64.4 Å². The van der Waals surface area contributed by atoms with Gasteiger partial charge in [-0.3, -0.25) is 0 Å². The number of thioether (sulfide) groups is 1. The highest BCUT2D eigenvalue weighted by molar-refractivity contribution is 8.13. The molecule has 0 unspecified atom stereocenters. The van der Waals surface area contributed by atoms with Crippen molar-refractivity contribution in [1.29, 1.82) is 0 Å². The molecule has 3 nitrogen and oxygen atoms in total. The summed E-state index contributed by atoms with van der Waals surface area (Å²) in [5.74, 6) is 0. The molecule has 16 heavy (non-hydrogen) atoms. The molecule has 0 amide bonds. The number of benzene rings is 1. The molecule has 0 radical (unpaired) electrons. The molecule has 0 saturated heterocycles. The third-order valence-corrected chi connectivity index (χ3v) is 2.33. The van der Waals surface area contributed by atoms with Crippen LogP contribution in [0.5, 0.6) is 0 Å². The van der Waals surface area contributed by atoms with Crippen molar-refractivity contribution in [3.8, 4) is 0 Å². The van der Waals surface area contributed by atoms with E-state index < -0.39 is 0 Å². The quantitative estimate of drug-likeness (QED) is 0.660. The second-order valence-electron chi connectivity index (χ2n) is 2.86. The molecule has 0 spiro atoms. The van der Waals surface area contributed by atoms with Crippen LogP contribution in [0.15, 0.2) is 29.3 Å². The van der Waals surface area contributed by atoms with Gasteiger partial charge in [0.1, 0.15) is 0 Å². The Morgan fingerprint density at radius 2 is 1.81 bits per heavy atom. The van der Waals surface area contributed by atoms with Crippen LogP contribution in [-0.4, -0.2) is 18.0 Å². The summed E-state index contributed by atoms with van der Waals surface area (Å²) < 4.78 is 0. The Hall–Kier alpha value is -0.420. The molecule has 0 aliphatic rings. The van der Waals surface area contributed by atoms with E-state index >= 15 is 0 Å². The smallest absolute Gasteiger partial charge is 0.158 e. The van der Waals surface area contributed by atoms with Crippen LogP contribution < -0.4 is 11.5 Å². The average Bonchev–Trinajstić information content (AvgIpc) is 2.21. The number of amidine groups is 1. The molecular weight excluding hydrogens is 265 g/mol. The number of aliphatic imine (C=N–C) groups is 1. The van der Waals surface area contributed by atoms with Crippen molar-refractivity contribution >= 4 is 47.4 Å². The van der Waals surface area contributed by atoms with Gasteiger partial charge in [0.15, 0.2) is 5.17 Å². The maximum Gasteiger partial charge on any atom is 0.158 e. The molecule has 0 bridgehead atoms. The highest BCUT2D eigenvalue weighted by Crippen LogP contribution is 2.14. The van der Waals surface area contributed by atoms with E-state index in [0.717, 1.165) is 12.1 Å². The van der Waals surface area contributed by atoms with Crippen molar-refractivity contribution in [1.82, 2.24) is 0 Å². The summed E-state index contributed by atoms with van der Waals surface area (Å²) in [4.78, 5) is 4.20. The maximum absolute atomic E-state index is 5.59. The first kappa shape index (κ1) is 18.0. The molecule has 6 heteroatoms. The number of rotatable bonds is 3. The third kappa shape index (κ3) is 6.23. The fourth-order valence-electron chi connectivity index (χ4n) is 1.08. The fourth-order valence-corrected chi connectivity index (χ4v) is 1.27. The zero-order chi connectivity index (χ0) is 10.4. The van der Waals surface area contributed by atoms with E-state index in [-0.39, 0.29) is 24.8 Å². The SMILES string of the molecule is CSC(N)=Nc1ccc(CCN)cc1.Cl.Cl. The minimum Gasteiger partial charge on any atom is -0.378 e. The molecule has 1 rings (SSSR count). The van der Waals surface area contributed by atoms with Crippen LogP contribution in [-0.2, 0) is 6.42 Å². The molecular formula is C10H17Cl2N3S. The van der Waals surface area contributed by atoms with Gasteiger partial charge in [-0.05, 0) is 36.9 Å². The summed E-state index contributed by atoms with van der Waals surface area (Å²) in [5, 5.41) is 0.580. The van der Waals surface area contributed by atoms with E-state index in [4.69, 9.17) is 11.5 Å². The normalized spacial score (nSPS) is 10.2. The average molecular weight is 282 g/mol. The molecule has 0 aliphatic heterocycles. The number of hydrogen-bond acceptors (Lipinski definition) is 3. The molecule has 4 N–H and O–H groups in total. The van der Waals surface area contributed by atoms with E-state index in [0.29, 0.717) is 11.7 Å². The minimum atomic E-state index is 0. The molecule has 0 saturated carbocycles. The summed E-state index contributed by atoms with van der Waals surface area (Å²) in [5.41, 5.74) is 13.2. The summed E-state index contributed by atoms with van der Waals surface area (Å²) in [7, 11) is 0. The third-order valence-electron chi connectivity index (χ3n) is 1.82. The van der Waals surface area contributed by atoms with Gasteiger partial charge in [0.05, 0.1) is 5.69 Å². The van der Waals surface area contributed by atoms with E-state index in [1.807, 2.05) is 30.5 Å². The summed E-state index contributed by atoms with van der Waals surface area (Å²) in [6.07, 6.45) is 2.81. The van der Waals surface area contributed by atoms with Crippen LogP contribution in [0, 0.1) is 0 Å². The van der Waals surface area contributed by atoms with Gasteiger partial charge in [0.2, 0.25) is 0 Å². The zero-order valence-corrected chi connectivity index (χ0v) is 11.5. The second kappa shape index (κ2) is 9.78. The van der Waals surface area contributed by atoms with Gasteiger partial charge in [-0.1, -0.05) is 23.9 Å². The van der Waals surface area contributed by atoms with E-state index in [1.165, 1.54) is 17.3 Å². The van der Waals surface area contributed by atoms with Crippen molar-refractivity contribution in [2.24, 2.45) is 16.5 Å². The lowest BCUT2D eigenvalue weighted by atomic mass is 10.1. The molecule has 0 heterocycles. The lowest BCUT2D eigenvalue weighted by molar-refractivity contribution is 0.969. The first-order valence-corrected chi connectivity index (χ1v) is 5.66. The van der Waals surface area contributed by atoms with Gasteiger partial charge < -0.3 is 11.5 Å². The van der Waals surface area contributed by atoms with Gasteiger partial charge in [0, 0.05) is 0 Å². The van der Waals surface area contributed by atoms with Gasteiger partial charge in [-0.2, -0.15) is 0 Å². The Labute approximate surface area is 113 Å². The molecule has 0 atom stereocenters. The fraction of sp³-hybridized carbons (Fsp3) is 0.300. The lowest BCUT2D eigenvalue weighted by Gasteiger charge is -1.99. The van der Waals surface area contributed by atoms with E-state index in [2.05, 4.69) is 4.99 Å². The van der Waals surface area contributed by atoms with Gasteiger partial charge in [-0.15, -0.1) is 24.8 Å². The van der Waals surface area contributed by atoms with Crippen LogP contribution in [0.2, 0.25) is 0 Å². The van der Waals surface area contributed by atoms with Crippen LogP contribution in [0.1, 0.15) is 5.56 Å². The first-order valence-electron chi connectivity index (χ1n) is 4.43. The van der Waals surface area contributed by atoms with Gasteiger partial charge in [0.25, 0.3) is 0 Å². The maximum atomic E-state index is 5.59. The van der Waals surface area contributed by atoms with Crippen molar-refractivity contribution in [2.45, 2.75) is 6.42 Å². The highest BCUT2D eigenvalue weighted by atomic mass is 35.5. The first-order chi connectivity index (χ1) is 6.76. The monoisotopic (exact) mass is 281 g/mol. The predicted molar refractivity (Wildman–Crippen MR) is 78.5 cm³/mol. The van der Waals surface area contributed by atoms with Crippen molar-refractivity contribution in [3.63, 3.8) is 0 Å². The number of hydrogen-bond donors (Lipinski definition) is 2. The Morgan fingerprint density at radius 1 is 1.25 bits per heavy atom. The minimum absolute atomic E-state index is 0. The van der Waals surface area contributed by atoms with E-state index in [1.54, 1.807) is 0 Å². The van der Waals surface area contributed by atoms with Gasteiger partial charge >= 0.3 is 0 Å². The van der Waals surface area contributed by atoms with Crippen LogP contribution in [0.25, 0.3) is 0 Å². The largest absolute Gasteiger partial charge is 0.378 e. The van der Waals surface area contributed by atoms with Gasteiger partial charge in [-0.25, -0.2) is 4.99 Å². The van der Waals surface area contributed by atoms with Crippen LogP contribution >= 0.6 is 36.6 Å². The number of nitrogens with two attached hydrogens (primary N) is 2. The van der Waals surface area contributed by atoms with Crippen molar-refractivity contribution in [2.75, 3.05) is 12.8 Å². The van der Waals surface area contributed by atoms with Crippen molar-refractivity contribution < 1.29 is 0 Å². The number of halogens is 2. The lowest BCUT2D eigenvalue weighted by Crippen LogP contribution is -2.04. The molecule has 92 valence electrons. The zero-order valence-electron chi connectivity index (χ0n) is 9.05. The summed E-state index contributed by atoms with van der Waals surface area (Å²) >= 11 is 1.44.